The van der Waals surface area contributed by atoms with Crippen molar-refractivity contribution in [3.05, 3.63) is 0 Å². The zero-order valence-corrected chi connectivity index (χ0v) is 9.01. The molecule has 0 aromatic rings. The molecular formula is C11H23N. The zero-order chi connectivity index (χ0) is 9.14. The topological polar surface area (TPSA) is 3.24 Å². The summed E-state index contributed by atoms with van der Waals surface area (Å²) in [6.45, 7) is 10.6. The molecule has 0 aromatic carbocycles. The minimum absolute atomic E-state index is 0.731. The number of nitrogens with zero attached hydrogens (tertiary/aromatic N) is 1. The van der Waals surface area contributed by atoms with Crippen LogP contribution in [0.5, 0.6) is 0 Å². The highest BCUT2D eigenvalue weighted by Gasteiger charge is 2.25. The Labute approximate surface area is 77.1 Å². The van der Waals surface area contributed by atoms with Gasteiger partial charge in [-0.2, -0.15) is 0 Å². The van der Waals surface area contributed by atoms with Crippen LogP contribution in [0.25, 0.3) is 0 Å². The summed E-state index contributed by atoms with van der Waals surface area (Å²) in [6.07, 6.45) is 4.20. The third kappa shape index (κ3) is 2.22. The molecule has 0 amide bonds. The summed E-state index contributed by atoms with van der Waals surface area (Å²) in [4.78, 5) is 2.65. The van der Waals surface area contributed by atoms with E-state index in [1.807, 2.05) is 0 Å². The summed E-state index contributed by atoms with van der Waals surface area (Å²) < 4.78 is 0. The van der Waals surface area contributed by atoms with Gasteiger partial charge in [0.2, 0.25) is 0 Å². The number of likely N-dealkylation sites (tertiary alicyclic amines) is 1. The second-order valence-corrected chi connectivity index (χ2v) is 4.49. The predicted molar refractivity (Wildman–Crippen MR) is 54.3 cm³/mol. The first kappa shape index (κ1) is 10.0. The average molecular weight is 169 g/mol. The van der Waals surface area contributed by atoms with E-state index in [-0.39, 0.29) is 0 Å². The second kappa shape index (κ2) is 4.27. The van der Waals surface area contributed by atoms with Gasteiger partial charge in [0.05, 0.1) is 0 Å². The molecule has 1 aliphatic heterocycles. The first-order valence-electron chi connectivity index (χ1n) is 5.40. The van der Waals surface area contributed by atoms with Crippen LogP contribution >= 0.6 is 0 Å². The summed E-state index contributed by atoms with van der Waals surface area (Å²) in [6, 6.07) is 1.54. The Morgan fingerprint density at radius 1 is 1.33 bits per heavy atom. The maximum absolute atomic E-state index is 2.65. The number of rotatable bonds is 2. The van der Waals surface area contributed by atoms with Crippen LogP contribution in [0.4, 0.5) is 0 Å². The van der Waals surface area contributed by atoms with E-state index in [0.717, 1.165) is 18.0 Å². The van der Waals surface area contributed by atoms with Crippen molar-refractivity contribution in [2.45, 2.75) is 59.0 Å². The summed E-state index contributed by atoms with van der Waals surface area (Å²) in [5.74, 6) is 0.962. The Bertz CT molecular complexity index is 131. The minimum Gasteiger partial charge on any atom is -0.298 e. The Morgan fingerprint density at radius 2 is 2.00 bits per heavy atom. The van der Waals surface area contributed by atoms with E-state index in [4.69, 9.17) is 0 Å². The molecule has 0 aromatic heterocycles. The summed E-state index contributed by atoms with van der Waals surface area (Å²) in [5, 5.41) is 0. The smallest absolute Gasteiger partial charge is 0.00698 e. The van der Waals surface area contributed by atoms with E-state index in [2.05, 4.69) is 32.6 Å². The fourth-order valence-electron chi connectivity index (χ4n) is 2.27. The Hall–Kier alpha value is -0.0400. The standard InChI is InChI=1S/C11H23N/c1-5-11-7-6-10(4)12(8-11)9(2)3/h9-11H,5-8H2,1-4H3. The fourth-order valence-corrected chi connectivity index (χ4v) is 2.27. The van der Waals surface area contributed by atoms with Gasteiger partial charge in [0.15, 0.2) is 0 Å². The fraction of sp³-hybridized carbons (Fsp3) is 1.00. The van der Waals surface area contributed by atoms with Crippen molar-refractivity contribution < 1.29 is 0 Å². The molecule has 12 heavy (non-hydrogen) atoms. The molecule has 0 aliphatic carbocycles. The molecule has 0 radical (unpaired) electrons. The lowest BCUT2D eigenvalue weighted by atomic mass is 9.91. The van der Waals surface area contributed by atoms with Crippen LogP contribution in [0.2, 0.25) is 0 Å². The van der Waals surface area contributed by atoms with E-state index >= 15 is 0 Å². The summed E-state index contributed by atoms with van der Waals surface area (Å²) in [5.41, 5.74) is 0. The molecule has 1 heteroatoms. The lowest BCUT2D eigenvalue weighted by Gasteiger charge is -2.40. The summed E-state index contributed by atoms with van der Waals surface area (Å²) in [7, 11) is 0. The second-order valence-electron chi connectivity index (χ2n) is 4.49. The SMILES string of the molecule is CCC1CCC(C)N(C(C)C)C1. The van der Waals surface area contributed by atoms with Crippen LogP contribution in [0, 0.1) is 5.92 Å². The van der Waals surface area contributed by atoms with Gasteiger partial charge in [-0.05, 0) is 39.5 Å². The quantitative estimate of drug-likeness (QED) is 0.614. The molecular weight excluding hydrogens is 146 g/mol. The first-order chi connectivity index (χ1) is 5.65. The van der Waals surface area contributed by atoms with Crippen LogP contribution in [0.15, 0.2) is 0 Å². The molecule has 0 spiro atoms. The Balaban J connectivity index is 2.47. The van der Waals surface area contributed by atoms with Crippen molar-refractivity contribution in [1.82, 2.24) is 4.90 Å². The average Bonchev–Trinajstić information content (AvgIpc) is 2.05. The highest BCUT2D eigenvalue weighted by Crippen LogP contribution is 2.25. The third-order valence-corrected chi connectivity index (χ3v) is 3.27. The molecule has 2 atom stereocenters. The van der Waals surface area contributed by atoms with Gasteiger partial charge in [0.25, 0.3) is 0 Å². The van der Waals surface area contributed by atoms with Gasteiger partial charge in [-0.15, -0.1) is 0 Å². The van der Waals surface area contributed by atoms with Crippen LogP contribution in [-0.4, -0.2) is 23.5 Å². The predicted octanol–water partition coefficient (Wildman–Crippen LogP) is 2.91. The molecule has 1 heterocycles. The Morgan fingerprint density at radius 3 is 2.50 bits per heavy atom. The molecule has 0 bridgehead atoms. The number of hydrogen-bond donors (Lipinski definition) is 0. The molecule has 1 nitrogen and oxygen atoms in total. The summed E-state index contributed by atoms with van der Waals surface area (Å²) >= 11 is 0. The van der Waals surface area contributed by atoms with Gasteiger partial charge in [-0.1, -0.05) is 13.3 Å². The maximum Gasteiger partial charge on any atom is 0.00698 e. The first-order valence-corrected chi connectivity index (χ1v) is 5.40. The van der Waals surface area contributed by atoms with E-state index in [9.17, 15) is 0 Å². The van der Waals surface area contributed by atoms with Crippen molar-refractivity contribution >= 4 is 0 Å². The maximum atomic E-state index is 2.65. The molecule has 1 aliphatic rings. The van der Waals surface area contributed by atoms with Gasteiger partial charge >= 0.3 is 0 Å². The van der Waals surface area contributed by atoms with Gasteiger partial charge in [-0.25, -0.2) is 0 Å². The minimum atomic E-state index is 0.731. The number of hydrogen-bond acceptors (Lipinski definition) is 1. The lowest BCUT2D eigenvalue weighted by Crippen LogP contribution is -2.45. The van der Waals surface area contributed by atoms with Crippen molar-refractivity contribution in [3.63, 3.8) is 0 Å². The molecule has 1 rings (SSSR count). The van der Waals surface area contributed by atoms with Crippen LogP contribution in [0.3, 0.4) is 0 Å². The van der Waals surface area contributed by atoms with Gasteiger partial charge in [0.1, 0.15) is 0 Å². The monoisotopic (exact) mass is 169 g/mol. The molecule has 1 saturated heterocycles. The normalized spacial score (nSPS) is 32.8. The van der Waals surface area contributed by atoms with Gasteiger partial charge in [0, 0.05) is 18.6 Å². The molecule has 72 valence electrons. The highest BCUT2D eigenvalue weighted by atomic mass is 15.2. The van der Waals surface area contributed by atoms with Crippen molar-refractivity contribution in [3.8, 4) is 0 Å². The van der Waals surface area contributed by atoms with Crippen molar-refractivity contribution in [2.24, 2.45) is 5.92 Å². The molecule has 0 saturated carbocycles. The van der Waals surface area contributed by atoms with E-state index < -0.39 is 0 Å². The third-order valence-electron chi connectivity index (χ3n) is 3.27. The lowest BCUT2D eigenvalue weighted by molar-refractivity contribution is 0.0849. The molecule has 1 fully saturated rings. The van der Waals surface area contributed by atoms with Crippen LogP contribution in [0.1, 0.15) is 47.0 Å². The van der Waals surface area contributed by atoms with Crippen molar-refractivity contribution in [2.75, 3.05) is 6.54 Å². The van der Waals surface area contributed by atoms with E-state index in [1.54, 1.807) is 0 Å². The number of piperidine rings is 1. The van der Waals surface area contributed by atoms with E-state index in [0.29, 0.717) is 0 Å². The van der Waals surface area contributed by atoms with Crippen LogP contribution < -0.4 is 0 Å². The highest BCUT2D eigenvalue weighted by molar-refractivity contribution is 4.80. The molecule has 2 unspecified atom stereocenters. The largest absolute Gasteiger partial charge is 0.298 e. The molecule has 0 N–H and O–H groups in total. The zero-order valence-electron chi connectivity index (χ0n) is 9.01. The van der Waals surface area contributed by atoms with Crippen LogP contribution in [-0.2, 0) is 0 Å². The van der Waals surface area contributed by atoms with Gasteiger partial charge in [-0.3, -0.25) is 4.90 Å². The van der Waals surface area contributed by atoms with Crippen molar-refractivity contribution in [1.29, 1.82) is 0 Å². The Kier molecular flexibility index (Phi) is 3.57. The van der Waals surface area contributed by atoms with E-state index in [1.165, 1.54) is 25.8 Å². The van der Waals surface area contributed by atoms with Gasteiger partial charge < -0.3 is 0 Å².